The number of alkyl halides is 2. The Morgan fingerprint density at radius 3 is 2.81 bits per heavy atom. The Hall–Kier alpha value is -2.84. The van der Waals surface area contributed by atoms with E-state index in [9.17, 15) is 18.9 Å². The number of hydrogen-bond donors (Lipinski definition) is 1. The van der Waals surface area contributed by atoms with Crippen LogP contribution in [0.15, 0.2) is 29.3 Å². The number of benzene rings is 1. The number of rotatable bonds is 5. The molecule has 1 aromatic heterocycles. The number of nitro groups is 1. The number of aryl methyl sites for hydroxylation is 1. The average Bonchev–Trinajstić information content (AvgIpc) is 2.82. The van der Waals surface area contributed by atoms with Gasteiger partial charge in [-0.1, -0.05) is 0 Å². The van der Waals surface area contributed by atoms with Crippen LogP contribution in [-0.4, -0.2) is 27.9 Å². The van der Waals surface area contributed by atoms with E-state index in [4.69, 9.17) is 0 Å². The van der Waals surface area contributed by atoms with Gasteiger partial charge in [0.2, 0.25) is 0 Å². The molecule has 0 atom stereocenters. The standard InChI is InChI=1S/C12H10F2N4O3/c1-7-4-11(17-16-7)15-6-8-5-9(18(19)20)2-3-10(8)21-12(13)14/h2-6,12H,1H3,(H,16,17). The van der Waals surface area contributed by atoms with E-state index in [1.807, 2.05) is 0 Å². The van der Waals surface area contributed by atoms with Gasteiger partial charge < -0.3 is 4.74 Å². The van der Waals surface area contributed by atoms with E-state index in [1.54, 1.807) is 13.0 Å². The minimum atomic E-state index is -3.03. The first kappa shape index (κ1) is 14.6. The predicted molar refractivity (Wildman–Crippen MR) is 70.3 cm³/mol. The smallest absolute Gasteiger partial charge is 0.387 e. The Bertz CT molecular complexity index is 685. The fourth-order valence-corrected chi connectivity index (χ4v) is 1.57. The molecular formula is C12H10F2N4O3. The highest BCUT2D eigenvalue weighted by Gasteiger charge is 2.13. The van der Waals surface area contributed by atoms with Gasteiger partial charge in [0.1, 0.15) is 11.6 Å². The van der Waals surface area contributed by atoms with E-state index in [0.29, 0.717) is 11.5 Å². The third-order valence-corrected chi connectivity index (χ3v) is 2.46. The van der Waals surface area contributed by atoms with Crippen molar-refractivity contribution >= 4 is 17.7 Å². The molecule has 0 spiro atoms. The summed E-state index contributed by atoms with van der Waals surface area (Å²) < 4.78 is 28.9. The van der Waals surface area contributed by atoms with E-state index in [1.165, 1.54) is 6.21 Å². The lowest BCUT2D eigenvalue weighted by Crippen LogP contribution is -2.04. The van der Waals surface area contributed by atoms with Gasteiger partial charge in [-0.25, -0.2) is 4.99 Å². The molecule has 0 saturated heterocycles. The van der Waals surface area contributed by atoms with Crippen LogP contribution in [0.25, 0.3) is 0 Å². The largest absolute Gasteiger partial charge is 0.434 e. The van der Waals surface area contributed by atoms with Crippen LogP contribution < -0.4 is 4.74 Å². The maximum atomic E-state index is 12.3. The summed E-state index contributed by atoms with van der Waals surface area (Å²) in [6, 6.07) is 4.91. The van der Waals surface area contributed by atoms with Crippen LogP contribution in [0.2, 0.25) is 0 Å². The van der Waals surface area contributed by atoms with Crippen molar-refractivity contribution in [3.63, 3.8) is 0 Å². The van der Waals surface area contributed by atoms with E-state index < -0.39 is 11.5 Å². The van der Waals surface area contributed by atoms with Crippen molar-refractivity contribution in [2.24, 2.45) is 4.99 Å². The zero-order valence-electron chi connectivity index (χ0n) is 10.8. The van der Waals surface area contributed by atoms with Crippen LogP contribution in [0.5, 0.6) is 5.75 Å². The Balaban J connectivity index is 2.35. The number of nitrogens with one attached hydrogen (secondary N) is 1. The Labute approximate surface area is 117 Å². The normalized spacial score (nSPS) is 11.2. The maximum Gasteiger partial charge on any atom is 0.387 e. The molecule has 2 rings (SSSR count). The number of hydrogen-bond acceptors (Lipinski definition) is 5. The second kappa shape index (κ2) is 6.07. The van der Waals surface area contributed by atoms with Crippen LogP contribution in [0, 0.1) is 17.0 Å². The molecule has 0 unspecified atom stereocenters. The number of aromatic nitrogens is 2. The molecule has 0 fully saturated rings. The number of ether oxygens (including phenoxy) is 1. The van der Waals surface area contributed by atoms with Gasteiger partial charge in [-0.05, 0) is 13.0 Å². The molecule has 7 nitrogen and oxygen atoms in total. The van der Waals surface area contributed by atoms with Crippen LogP contribution in [0.3, 0.4) is 0 Å². The van der Waals surface area contributed by atoms with Crippen LogP contribution in [0.1, 0.15) is 11.3 Å². The number of aromatic amines is 1. The molecule has 0 amide bonds. The summed E-state index contributed by atoms with van der Waals surface area (Å²) in [7, 11) is 0. The lowest BCUT2D eigenvalue weighted by atomic mass is 10.2. The Morgan fingerprint density at radius 2 is 2.24 bits per heavy atom. The summed E-state index contributed by atoms with van der Waals surface area (Å²) >= 11 is 0. The molecule has 0 saturated carbocycles. The summed E-state index contributed by atoms with van der Waals surface area (Å²) in [6.45, 7) is -1.29. The van der Waals surface area contributed by atoms with Crippen molar-refractivity contribution in [3.8, 4) is 5.75 Å². The molecular weight excluding hydrogens is 286 g/mol. The molecule has 2 aromatic rings. The van der Waals surface area contributed by atoms with Crippen molar-refractivity contribution in [2.75, 3.05) is 0 Å². The third-order valence-electron chi connectivity index (χ3n) is 2.46. The minimum Gasteiger partial charge on any atom is -0.434 e. The molecule has 0 aliphatic heterocycles. The molecule has 110 valence electrons. The van der Waals surface area contributed by atoms with Gasteiger partial charge in [0.25, 0.3) is 5.69 Å². The van der Waals surface area contributed by atoms with Crippen LogP contribution in [0.4, 0.5) is 20.3 Å². The quantitative estimate of drug-likeness (QED) is 0.521. The van der Waals surface area contributed by atoms with Gasteiger partial charge in [-0.15, -0.1) is 0 Å². The highest BCUT2D eigenvalue weighted by Crippen LogP contribution is 2.25. The van der Waals surface area contributed by atoms with Crippen molar-refractivity contribution in [3.05, 3.63) is 45.6 Å². The van der Waals surface area contributed by atoms with E-state index in [0.717, 1.165) is 18.2 Å². The topological polar surface area (TPSA) is 93.4 Å². The summed E-state index contributed by atoms with van der Waals surface area (Å²) in [5.74, 6) is 0.192. The maximum absolute atomic E-state index is 12.3. The number of H-pyrrole nitrogens is 1. The molecule has 1 heterocycles. The molecule has 0 aliphatic rings. The Morgan fingerprint density at radius 1 is 1.48 bits per heavy atom. The number of halogens is 2. The van der Waals surface area contributed by atoms with Gasteiger partial charge in [0.05, 0.1) is 10.6 Å². The number of non-ortho nitro benzene ring substituents is 1. The lowest BCUT2D eigenvalue weighted by Gasteiger charge is -2.07. The molecule has 0 radical (unpaired) electrons. The molecule has 1 aromatic carbocycles. The number of aliphatic imine (C=N–C) groups is 1. The lowest BCUT2D eigenvalue weighted by molar-refractivity contribution is -0.384. The second-order valence-electron chi connectivity index (χ2n) is 4.01. The average molecular weight is 296 g/mol. The summed E-state index contributed by atoms with van der Waals surface area (Å²) in [6.07, 6.45) is 1.19. The molecule has 9 heteroatoms. The van der Waals surface area contributed by atoms with Crippen LogP contribution >= 0.6 is 0 Å². The SMILES string of the molecule is Cc1cc(N=Cc2cc([N+](=O)[O-])ccc2OC(F)F)[nH]n1. The Kier molecular flexibility index (Phi) is 4.21. The fourth-order valence-electron chi connectivity index (χ4n) is 1.57. The van der Waals surface area contributed by atoms with Gasteiger partial charge in [0, 0.05) is 30.0 Å². The van der Waals surface area contributed by atoms with Gasteiger partial charge >= 0.3 is 6.61 Å². The van der Waals surface area contributed by atoms with Gasteiger partial charge in [-0.3, -0.25) is 15.2 Å². The fraction of sp³-hybridized carbons (Fsp3) is 0.167. The first-order valence-corrected chi connectivity index (χ1v) is 5.75. The van der Waals surface area contributed by atoms with Crippen molar-refractivity contribution < 1.29 is 18.4 Å². The van der Waals surface area contributed by atoms with Crippen molar-refractivity contribution in [1.82, 2.24) is 10.2 Å². The van der Waals surface area contributed by atoms with Gasteiger partial charge in [-0.2, -0.15) is 13.9 Å². The van der Waals surface area contributed by atoms with Crippen LogP contribution in [-0.2, 0) is 0 Å². The first-order chi connectivity index (χ1) is 9.95. The summed E-state index contributed by atoms with van der Waals surface area (Å²) in [4.78, 5) is 14.1. The monoisotopic (exact) mass is 296 g/mol. The van der Waals surface area contributed by atoms with Gasteiger partial charge in [0.15, 0.2) is 0 Å². The summed E-state index contributed by atoms with van der Waals surface area (Å²) in [5, 5.41) is 17.2. The zero-order valence-corrected chi connectivity index (χ0v) is 10.8. The van der Waals surface area contributed by atoms with E-state index in [-0.39, 0.29) is 17.0 Å². The number of nitro benzene ring substituents is 1. The van der Waals surface area contributed by atoms with E-state index in [2.05, 4.69) is 19.9 Å². The molecule has 0 bridgehead atoms. The minimum absolute atomic E-state index is 0.0664. The number of nitrogens with zero attached hydrogens (tertiary/aromatic N) is 3. The highest BCUT2D eigenvalue weighted by atomic mass is 19.3. The first-order valence-electron chi connectivity index (χ1n) is 5.75. The van der Waals surface area contributed by atoms with Crippen molar-refractivity contribution in [2.45, 2.75) is 13.5 Å². The zero-order chi connectivity index (χ0) is 15.4. The summed E-state index contributed by atoms with van der Waals surface area (Å²) in [5.41, 5.74) is 0.515. The van der Waals surface area contributed by atoms with Crippen molar-refractivity contribution in [1.29, 1.82) is 0 Å². The van der Waals surface area contributed by atoms with E-state index >= 15 is 0 Å². The molecule has 1 N–H and O–H groups in total. The molecule has 21 heavy (non-hydrogen) atoms. The predicted octanol–water partition coefficient (Wildman–Crippen LogP) is 2.98. The second-order valence-corrected chi connectivity index (χ2v) is 4.01. The third kappa shape index (κ3) is 3.81. The highest BCUT2D eigenvalue weighted by molar-refractivity contribution is 5.86. The molecule has 0 aliphatic carbocycles.